The third-order valence-electron chi connectivity index (χ3n) is 3.66. The van der Waals surface area contributed by atoms with Gasteiger partial charge in [-0.1, -0.05) is 19.9 Å². The first-order chi connectivity index (χ1) is 6.93. The van der Waals surface area contributed by atoms with Gasteiger partial charge in [-0.05, 0) is 43.8 Å². The van der Waals surface area contributed by atoms with Crippen LogP contribution in [0.3, 0.4) is 0 Å². The maximum absolute atomic E-state index is 9.54. The van der Waals surface area contributed by atoms with Crippen molar-refractivity contribution in [3.05, 3.63) is 29.3 Å². The molecule has 0 spiro atoms. The second kappa shape index (κ2) is 4.38. The summed E-state index contributed by atoms with van der Waals surface area (Å²) < 4.78 is 0. The Labute approximate surface area is 108 Å². The molecule has 1 aromatic rings. The number of fused-ring (bicyclic) bond motifs is 1. The van der Waals surface area contributed by atoms with Crippen LogP contribution < -0.4 is 0 Å². The highest BCUT2D eigenvalue weighted by atomic mass is 79.9. The van der Waals surface area contributed by atoms with Crippen LogP contribution in [0.2, 0.25) is 0 Å². The molecule has 0 saturated carbocycles. The van der Waals surface area contributed by atoms with E-state index in [1.54, 1.807) is 6.07 Å². The Hall–Kier alpha value is -0.540. The van der Waals surface area contributed by atoms with Gasteiger partial charge in [-0.3, -0.25) is 0 Å². The Balaban J connectivity index is 0.00000128. The predicted molar refractivity (Wildman–Crippen MR) is 72.6 cm³/mol. The first-order valence-corrected chi connectivity index (χ1v) is 5.41. The van der Waals surface area contributed by atoms with E-state index in [4.69, 9.17) is 0 Å². The maximum atomic E-state index is 9.54. The summed E-state index contributed by atoms with van der Waals surface area (Å²) in [5.41, 5.74) is 2.79. The zero-order valence-corrected chi connectivity index (χ0v) is 12.0. The van der Waals surface area contributed by atoms with E-state index in [1.165, 1.54) is 11.1 Å². The molecule has 1 atom stereocenters. The second-order valence-corrected chi connectivity index (χ2v) is 5.25. The maximum Gasteiger partial charge on any atom is 0.115 e. The molecule has 3 heteroatoms. The van der Waals surface area contributed by atoms with Gasteiger partial charge in [0.05, 0.1) is 0 Å². The number of rotatable bonds is 1. The molecule has 1 aliphatic rings. The van der Waals surface area contributed by atoms with Gasteiger partial charge in [0.15, 0.2) is 0 Å². The molecule has 2 rings (SSSR count). The molecular formula is C13H20BrNO. The number of likely N-dealkylation sites (N-methyl/N-ethyl adjacent to an activating group) is 1. The molecule has 1 aromatic carbocycles. The Kier molecular flexibility index (Phi) is 3.70. The summed E-state index contributed by atoms with van der Waals surface area (Å²) >= 11 is 0. The minimum Gasteiger partial charge on any atom is -0.508 e. The lowest BCUT2D eigenvalue weighted by atomic mass is 9.82. The molecule has 1 unspecified atom stereocenters. The van der Waals surface area contributed by atoms with Crippen LogP contribution in [0.4, 0.5) is 0 Å². The van der Waals surface area contributed by atoms with Crippen molar-refractivity contribution in [3.8, 4) is 5.75 Å². The van der Waals surface area contributed by atoms with Crippen LogP contribution in [0.5, 0.6) is 5.75 Å². The molecule has 0 radical (unpaired) electrons. The number of halogens is 1. The predicted octanol–water partition coefficient (Wildman–Crippen LogP) is 2.73. The van der Waals surface area contributed by atoms with E-state index >= 15 is 0 Å². The number of phenolic OH excluding ortho intramolecular Hbond substituents is 1. The average Bonchev–Trinajstić information content (AvgIpc) is 2.39. The van der Waals surface area contributed by atoms with Crippen molar-refractivity contribution in [2.45, 2.75) is 31.7 Å². The topological polar surface area (TPSA) is 23.5 Å². The minimum atomic E-state index is 0. The smallest absolute Gasteiger partial charge is 0.115 e. The first-order valence-electron chi connectivity index (χ1n) is 5.41. The van der Waals surface area contributed by atoms with E-state index in [0.29, 0.717) is 11.8 Å². The highest BCUT2D eigenvalue weighted by Crippen LogP contribution is 2.41. The van der Waals surface area contributed by atoms with Gasteiger partial charge < -0.3 is 10.0 Å². The molecule has 0 heterocycles. The van der Waals surface area contributed by atoms with Gasteiger partial charge in [-0.15, -0.1) is 17.0 Å². The van der Waals surface area contributed by atoms with Gasteiger partial charge in [-0.2, -0.15) is 0 Å². The third-order valence-corrected chi connectivity index (χ3v) is 3.66. The molecule has 90 valence electrons. The van der Waals surface area contributed by atoms with Gasteiger partial charge in [0.25, 0.3) is 0 Å². The van der Waals surface area contributed by atoms with Crippen molar-refractivity contribution in [1.82, 2.24) is 4.90 Å². The molecule has 0 saturated heterocycles. The molecule has 0 aromatic heterocycles. The lowest BCUT2D eigenvalue weighted by Gasteiger charge is -2.33. The molecule has 0 amide bonds. The van der Waals surface area contributed by atoms with Crippen LogP contribution in [0, 0.1) is 0 Å². The summed E-state index contributed by atoms with van der Waals surface area (Å²) in [4.78, 5) is 2.27. The van der Waals surface area contributed by atoms with E-state index < -0.39 is 0 Å². The first kappa shape index (κ1) is 13.5. The number of aromatic hydroxyl groups is 1. The van der Waals surface area contributed by atoms with Gasteiger partial charge in [0.1, 0.15) is 5.75 Å². The van der Waals surface area contributed by atoms with E-state index in [9.17, 15) is 5.11 Å². The van der Waals surface area contributed by atoms with Crippen LogP contribution >= 0.6 is 17.0 Å². The van der Waals surface area contributed by atoms with Crippen molar-refractivity contribution < 1.29 is 5.11 Å². The zero-order chi connectivity index (χ0) is 11.2. The molecule has 0 aliphatic heterocycles. The van der Waals surface area contributed by atoms with E-state index in [-0.39, 0.29) is 22.4 Å². The lowest BCUT2D eigenvalue weighted by Crippen LogP contribution is -2.41. The third kappa shape index (κ3) is 1.98. The fourth-order valence-corrected chi connectivity index (χ4v) is 2.81. The largest absolute Gasteiger partial charge is 0.508 e. The number of nitrogens with zero attached hydrogens (tertiary/aromatic N) is 1. The van der Waals surface area contributed by atoms with Crippen molar-refractivity contribution in [2.75, 3.05) is 14.1 Å². The van der Waals surface area contributed by atoms with Crippen LogP contribution in [-0.4, -0.2) is 30.1 Å². The van der Waals surface area contributed by atoms with Crippen molar-refractivity contribution in [3.63, 3.8) is 0 Å². The summed E-state index contributed by atoms with van der Waals surface area (Å²) in [5, 5.41) is 9.54. The molecule has 2 nitrogen and oxygen atoms in total. The fourth-order valence-electron chi connectivity index (χ4n) is 2.81. The van der Waals surface area contributed by atoms with Crippen molar-refractivity contribution >= 4 is 17.0 Å². The molecule has 1 aliphatic carbocycles. The van der Waals surface area contributed by atoms with E-state index in [0.717, 1.165) is 6.42 Å². The van der Waals surface area contributed by atoms with Crippen LogP contribution in [-0.2, 0) is 11.8 Å². The molecule has 1 N–H and O–H groups in total. The number of hydrogen-bond acceptors (Lipinski definition) is 2. The highest BCUT2D eigenvalue weighted by Gasteiger charge is 2.40. The Bertz CT molecular complexity index is 388. The molecule has 0 bridgehead atoms. The Morgan fingerprint density at radius 3 is 2.50 bits per heavy atom. The molecule has 0 fully saturated rings. The Morgan fingerprint density at radius 2 is 1.94 bits per heavy atom. The van der Waals surface area contributed by atoms with Crippen LogP contribution in [0.15, 0.2) is 18.2 Å². The number of benzene rings is 1. The lowest BCUT2D eigenvalue weighted by molar-refractivity contribution is 0.216. The van der Waals surface area contributed by atoms with E-state index in [2.05, 4.69) is 38.9 Å². The SMILES string of the molecule is Br.CN(C)C1Cc2ccc(O)cc2C1(C)C. The molecule has 16 heavy (non-hydrogen) atoms. The quantitative estimate of drug-likeness (QED) is 0.858. The van der Waals surface area contributed by atoms with Gasteiger partial charge in [0, 0.05) is 11.5 Å². The van der Waals surface area contributed by atoms with Crippen LogP contribution in [0.1, 0.15) is 25.0 Å². The monoisotopic (exact) mass is 285 g/mol. The summed E-state index contributed by atoms with van der Waals surface area (Å²) in [5.74, 6) is 0.376. The fraction of sp³-hybridized carbons (Fsp3) is 0.538. The average molecular weight is 286 g/mol. The second-order valence-electron chi connectivity index (χ2n) is 5.25. The standard InChI is InChI=1S/C13H19NO.BrH/c1-13(2)11-8-10(15)6-5-9(11)7-12(13)14(3)4;/h5-6,8,12,15H,7H2,1-4H3;1H. The number of hydrogen-bond donors (Lipinski definition) is 1. The van der Waals surface area contributed by atoms with E-state index in [1.807, 2.05) is 6.07 Å². The summed E-state index contributed by atoms with van der Waals surface area (Å²) in [6, 6.07) is 6.27. The van der Waals surface area contributed by atoms with Gasteiger partial charge >= 0.3 is 0 Å². The highest BCUT2D eigenvalue weighted by molar-refractivity contribution is 8.93. The van der Waals surface area contributed by atoms with Gasteiger partial charge in [0.2, 0.25) is 0 Å². The summed E-state index contributed by atoms with van der Waals surface area (Å²) in [6.07, 6.45) is 1.08. The van der Waals surface area contributed by atoms with Crippen molar-refractivity contribution in [2.24, 2.45) is 0 Å². The summed E-state index contributed by atoms with van der Waals surface area (Å²) in [7, 11) is 4.25. The Morgan fingerprint density at radius 1 is 1.31 bits per heavy atom. The zero-order valence-electron chi connectivity index (χ0n) is 10.3. The van der Waals surface area contributed by atoms with Crippen molar-refractivity contribution in [1.29, 1.82) is 0 Å². The molecular weight excluding hydrogens is 266 g/mol. The van der Waals surface area contributed by atoms with Crippen LogP contribution in [0.25, 0.3) is 0 Å². The number of phenols is 1. The summed E-state index contributed by atoms with van der Waals surface area (Å²) in [6.45, 7) is 4.51. The minimum absolute atomic E-state index is 0. The van der Waals surface area contributed by atoms with Gasteiger partial charge in [-0.25, -0.2) is 0 Å². The normalized spacial score (nSPS) is 21.7.